The van der Waals surface area contributed by atoms with E-state index in [2.05, 4.69) is 28.9 Å². The van der Waals surface area contributed by atoms with Gasteiger partial charge in [0, 0.05) is 11.4 Å². The molecule has 2 aromatic carbocycles. The fourth-order valence-corrected chi connectivity index (χ4v) is 3.05. The Morgan fingerprint density at radius 2 is 1.81 bits per heavy atom. The SMILES string of the molecule is Cc1ccc(F)c(NCc2cc(-c3ccccc3)cs2)c1. The minimum absolute atomic E-state index is 0.208. The predicted molar refractivity (Wildman–Crippen MR) is 88.2 cm³/mol. The second-order valence-corrected chi connectivity index (χ2v) is 6.00. The van der Waals surface area contributed by atoms with Crippen LogP contribution in [0.3, 0.4) is 0 Å². The smallest absolute Gasteiger partial charge is 0.146 e. The summed E-state index contributed by atoms with van der Waals surface area (Å²) in [5.74, 6) is -0.208. The Kier molecular flexibility index (Phi) is 4.02. The largest absolute Gasteiger partial charge is 0.378 e. The summed E-state index contributed by atoms with van der Waals surface area (Å²) in [5.41, 5.74) is 4.03. The van der Waals surface area contributed by atoms with Crippen LogP contribution >= 0.6 is 11.3 Å². The van der Waals surface area contributed by atoms with Gasteiger partial charge in [0.25, 0.3) is 0 Å². The van der Waals surface area contributed by atoms with Crippen molar-refractivity contribution in [1.29, 1.82) is 0 Å². The molecule has 0 amide bonds. The van der Waals surface area contributed by atoms with Crippen molar-refractivity contribution in [1.82, 2.24) is 0 Å². The van der Waals surface area contributed by atoms with Gasteiger partial charge in [0.1, 0.15) is 5.82 Å². The summed E-state index contributed by atoms with van der Waals surface area (Å²) < 4.78 is 13.7. The van der Waals surface area contributed by atoms with Gasteiger partial charge in [-0.25, -0.2) is 4.39 Å². The summed E-state index contributed by atoms with van der Waals surface area (Å²) in [6, 6.07) is 17.5. The molecular formula is C18H16FNS. The maximum absolute atomic E-state index is 13.7. The normalized spacial score (nSPS) is 10.6. The first-order chi connectivity index (χ1) is 10.2. The predicted octanol–water partition coefficient (Wildman–Crippen LogP) is 5.47. The maximum Gasteiger partial charge on any atom is 0.146 e. The second kappa shape index (κ2) is 6.10. The van der Waals surface area contributed by atoms with E-state index >= 15 is 0 Å². The van der Waals surface area contributed by atoms with Gasteiger partial charge in [-0.3, -0.25) is 0 Å². The topological polar surface area (TPSA) is 12.0 Å². The van der Waals surface area contributed by atoms with E-state index < -0.39 is 0 Å². The molecule has 0 aliphatic rings. The van der Waals surface area contributed by atoms with Gasteiger partial charge in [-0.1, -0.05) is 36.4 Å². The highest BCUT2D eigenvalue weighted by atomic mass is 32.1. The fourth-order valence-electron chi connectivity index (χ4n) is 2.21. The van der Waals surface area contributed by atoms with E-state index in [1.54, 1.807) is 17.4 Å². The number of nitrogens with one attached hydrogen (secondary N) is 1. The summed E-state index contributed by atoms with van der Waals surface area (Å²) in [5, 5.41) is 5.31. The minimum atomic E-state index is -0.208. The van der Waals surface area contributed by atoms with E-state index in [4.69, 9.17) is 0 Å². The Morgan fingerprint density at radius 1 is 1.00 bits per heavy atom. The lowest BCUT2D eigenvalue weighted by molar-refractivity contribution is 0.630. The molecule has 1 nitrogen and oxygen atoms in total. The van der Waals surface area contributed by atoms with Crippen LogP contribution in [-0.4, -0.2) is 0 Å². The highest BCUT2D eigenvalue weighted by Crippen LogP contribution is 2.26. The molecule has 3 rings (SSSR count). The molecule has 0 atom stereocenters. The molecule has 0 radical (unpaired) electrons. The van der Waals surface area contributed by atoms with Gasteiger partial charge in [-0.05, 0) is 47.2 Å². The van der Waals surface area contributed by atoms with Gasteiger partial charge in [-0.15, -0.1) is 11.3 Å². The monoisotopic (exact) mass is 297 g/mol. The van der Waals surface area contributed by atoms with Crippen LogP contribution in [0.2, 0.25) is 0 Å². The number of thiophene rings is 1. The number of halogens is 1. The quantitative estimate of drug-likeness (QED) is 0.673. The summed E-state index contributed by atoms with van der Waals surface area (Å²) >= 11 is 1.69. The van der Waals surface area contributed by atoms with Gasteiger partial charge in [0.05, 0.1) is 5.69 Å². The van der Waals surface area contributed by atoms with Crippen LogP contribution in [0.25, 0.3) is 11.1 Å². The molecule has 3 aromatic rings. The molecule has 0 bridgehead atoms. The molecule has 1 aromatic heterocycles. The number of anilines is 1. The molecule has 0 saturated heterocycles. The van der Waals surface area contributed by atoms with Crippen LogP contribution in [0.1, 0.15) is 10.4 Å². The summed E-state index contributed by atoms with van der Waals surface area (Å²) in [4.78, 5) is 1.19. The first-order valence-electron chi connectivity index (χ1n) is 6.85. The zero-order chi connectivity index (χ0) is 14.7. The molecule has 1 N–H and O–H groups in total. The molecule has 0 aliphatic heterocycles. The average molecular weight is 297 g/mol. The lowest BCUT2D eigenvalue weighted by atomic mass is 10.1. The van der Waals surface area contributed by atoms with Crippen molar-refractivity contribution in [3.05, 3.63) is 76.2 Å². The van der Waals surface area contributed by atoms with Gasteiger partial charge in [-0.2, -0.15) is 0 Å². The zero-order valence-electron chi connectivity index (χ0n) is 11.8. The Balaban J connectivity index is 1.72. The van der Waals surface area contributed by atoms with Crippen molar-refractivity contribution in [3.63, 3.8) is 0 Å². The van der Waals surface area contributed by atoms with E-state index in [1.807, 2.05) is 31.2 Å². The lowest BCUT2D eigenvalue weighted by Gasteiger charge is -2.07. The van der Waals surface area contributed by atoms with E-state index in [0.717, 1.165) is 5.56 Å². The minimum Gasteiger partial charge on any atom is -0.378 e. The highest BCUT2D eigenvalue weighted by molar-refractivity contribution is 7.10. The number of benzene rings is 2. The van der Waals surface area contributed by atoms with E-state index in [-0.39, 0.29) is 5.82 Å². The fraction of sp³-hybridized carbons (Fsp3) is 0.111. The number of hydrogen-bond donors (Lipinski definition) is 1. The zero-order valence-corrected chi connectivity index (χ0v) is 12.6. The first kappa shape index (κ1) is 13.8. The van der Waals surface area contributed by atoms with Crippen molar-refractivity contribution in [3.8, 4) is 11.1 Å². The standard InChI is InChI=1S/C18H16FNS/c1-13-7-8-17(19)18(9-13)20-11-16-10-15(12-21-16)14-5-3-2-4-6-14/h2-10,12,20H,11H2,1H3. The van der Waals surface area contributed by atoms with Gasteiger partial charge in [0.15, 0.2) is 0 Å². The molecule has 0 fully saturated rings. The summed E-state index contributed by atoms with van der Waals surface area (Å²) in [6.45, 7) is 2.60. The molecule has 1 heterocycles. The van der Waals surface area contributed by atoms with Crippen LogP contribution in [0.15, 0.2) is 60.0 Å². The Bertz CT molecular complexity index is 734. The Hall–Kier alpha value is -2.13. The van der Waals surface area contributed by atoms with Crippen molar-refractivity contribution >= 4 is 17.0 Å². The van der Waals surface area contributed by atoms with Crippen LogP contribution in [0, 0.1) is 12.7 Å². The van der Waals surface area contributed by atoms with E-state index in [1.165, 1.54) is 22.1 Å². The third-order valence-electron chi connectivity index (χ3n) is 3.34. The average Bonchev–Trinajstić information content (AvgIpc) is 2.98. The van der Waals surface area contributed by atoms with Crippen LogP contribution in [0.4, 0.5) is 10.1 Å². The Morgan fingerprint density at radius 3 is 2.62 bits per heavy atom. The van der Waals surface area contributed by atoms with Crippen LogP contribution < -0.4 is 5.32 Å². The molecule has 0 spiro atoms. The molecule has 0 saturated carbocycles. The van der Waals surface area contributed by atoms with Crippen LogP contribution in [-0.2, 0) is 6.54 Å². The number of hydrogen-bond acceptors (Lipinski definition) is 2. The first-order valence-corrected chi connectivity index (χ1v) is 7.73. The maximum atomic E-state index is 13.7. The Labute approximate surface area is 128 Å². The summed E-state index contributed by atoms with van der Waals surface area (Å²) in [6.07, 6.45) is 0. The number of rotatable bonds is 4. The number of aryl methyl sites for hydroxylation is 1. The van der Waals surface area contributed by atoms with E-state index in [9.17, 15) is 4.39 Å². The second-order valence-electron chi connectivity index (χ2n) is 5.00. The molecular weight excluding hydrogens is 281 g/mol. The molecule has 106 valence electrons. The third-order valence-corrected chi connectivity index (χ3v) is 4.27. The van der Waals surface area contributed by atoms with Gasteiger partial charge >= 0.3 is 0 Å². The third kappa shape index (κ3) is 3.31. The van der Waals surface area contributed by atoms with Crippen molar-refractivity contribution in [2.45, 2.75) is 13.5 Å². The molecule has 3 heteroatoms. The van der Waals surface area contributed by atoms with E-state index in [0.29, 0.717) is 12.2 Å². The van der Waals surface area contributed by atoms with Crippen molar-refractivity contribution in [2.24, 2.45) is 0 Å². The van der Waals surface area contributed by atoms with Gasteiger partial charge < -0.3 is 5.32 Å². The molecule has 0 aliphatic carbocycles. The summed E-state index contributed by atoms with van der Waals surface area (Å²) in [7, 11) is 0. The molecule has 21 heavy (non-hydrogen) atoms. The molecule has 0 unspecified atom stereocenters. The lowest BCUT2D eigenvalue weighted by Crippen LogP contribution is -2.00. The highest BCUT2D eigenvalue weighted by Gasteiger charge is 2.05. The van der Waals surface area contributed by atoms with Crippen molar-refractivity contribution in [2.75, 3.05) is 5.32 Å². The van der Waals surface area contributed by atoms with Gasteiger partial charge in [0.2, 0.25) is 0 Å². The van der Waals surface area contributed by atoms with Crippen molar-refractivity contribution < 1.29 is 4.39 Å². The van der Waals surface area contributed by atoms with Crippen LogP contribution in [0.5, 0.6) is 0 Å².